The molecule has 0 atom stereocenters. The van der Waals surface area contributed by atoms with Crippen LogP contribution in [0.15, 0.2) is 61.2 Å². The van der Waals surface area contributed by atoms with Gasteiger partial charge in [-0.25, -0.2) is 19.3 Å². The van der Waals surface area contributed by atoms with Crippen LogP contribution >= 0.6 is 0 Å². The molecule has 11 heteroatoms. The average molecular weight is 478 g/mol. The maximum Gasteiger partial charge on any atom is 0.161 e. The number of aromatic nitrogens is 8. The summed E-state index contributed by atoms with van der Waals surface area (Å²) in [6.45, 7) is 1.52. The van der Waals surface area contributed by atoms with Crippen LogP contribution in [0.2, 0.25) is 0 Å². The SMILES string of the molecule is NC1CN(c2cncc(-c3ccc4[nH]nc(-c5nc6c(-c7ccc(F)cc7)cncc6[nH]5)c4n3)n2)C1. The second-order valence-corrected chi connectivity index (χ2v) is 8.77. The van der Waals surface area contributed by atoms with Crippen molar-refractivity contribution in [2.75, 3.05) is 18.0 Å². The van der Waals surface area contributed by atoms with Crippen LogP contribution in [0.4, 0.5) is 10.2 Å². The van der Waals surface area contributed by atoms with Gasteiger partial charge in [0.1, 0.15) is 22.8 Å². The van der Waals surface area contributed by atoms with Gasteiger partial charge in [0.25, 0.3) is 0 Å². The minimum Gasteiger partial charge on any atom is -0.352 e. The largest absolute Gasteiger partial charge is 0.352 e. The molecular weight excluding hydrogens is 459 g/mol. The molecule has 6 heterocycles. The molecule has 0 amide bonds. The number of benzene rings is 1. The van der Waals surface area contributed by atoms with Crippen LogP contribution in [0, 0.1) is 5.82 Å². The number of hydrogen-bond donors (Lipinski definition) is 3. The number of nitrogens with one attached hydrogen (secondary N) is 2. The summed E-state index contributed by atoms with van der Waals surface area (Å²) in [5.74, 6) is 1.03. The Morgan fingerprint density at radius 2 is 1.67 bits per heavy atom. The van der Waals surface area contributed by atoms with Gasteiger partial charge in [-0.15, -0.1) is 0 Å². The minimum atomic E-state index is -0.296. The summed E-state index contributed by atoms with van der Waals surface area (Å²) >= 11 is 0. The topological polar surface area (TPSA) is 138 Å². The fourth-order valence-electron chi connectivity index (χ4n) is 4.42. The number of imidazole rings is 1. The molecule has 5 aromatic heterocycles. The van der Waals surface area contributed by atoms with Crippen molar-refractivity contribution < 1.29 is 4.39 Å². The van der Waals surface area contributed by atoms with Gasteiger partial charge in [-0.05, 0) is 29.8 Å². The molecule has 36 heavy (non-hydrogen) atoms. The van der Waals surface area contributed by atoms with E-state index in [1.807, 2.05) is 12.1 Å². The van der Waals surface area contributed by atoms with Gasteiger partial charge in [0, 0.05) is 30.9 Å². The predicted molar refractivity (Wildman–Crippen MR) is 133 cm³/mol. The molecule has 0 saturated carbocycles. The molecule has 1 aliphatic rings. The summed E-state index contributed by atoms with van der Waals surface area (Å²) < 4.78 is 13.4. The third kappa shape index (κ3) is 3.36. The Balaban J connectivity index is 1.30. The van der Waals surface area contributed by atoms with E-state index in [1.165, 1.54) is 12.1 Å². The first-order valence-corrected chi connectivity index (χ1v) is 11.4. The molecule has 4 N–H and O–H groups in total. The Bertz CT molecular complexity index is 1730. The molecule has 1 aliphatic heterocycles. The van der Waals surface area contributed by atoms with E-state index in [4.69, 9.17) is 20.7 Å². The lowest BCUT2D eigenvalue weighted by Crippen LogP contribution is -2.56. The van der Waals surface area contributed by atoms with Crippen LogP contribution in [0.25, 0.3) is 56.1 Å². The number of rotatable bonds is 4. The molecular formula is C25H19FN10. The van der Waals surface area contributed by atoms with Crippen LogP contribution in [-0.4, -0.2) is 59.2 Å². The molecule has 0 bridgehead atoms. The maximum atomic E-state index is 13.4. The van der Waals surface area contributed by atoms with Gasteiger partial charge in [-0.2, -0.15) is 5.10 Å². The molecule has 1 saturated heterocycles. The molecule has 0 radical (unpaired) electrons. The van der Waals surface area contributed by atoms with E-state index >= 15 is 0 Å². The van der Waals surface area contributed by atoms with Gasteiger partial charge in [-0.3, -0.25) is 15.1 Å². The molecule has 1 fully saturated rings. The van der Waals surface area contributed by atoms with E-state index in [0.29, 0.717) is 33.9 Å². The highest BCUT2D eigenvalue weighted by molar-refractivity contribution is 5.95. The number of pyridine rings is 2. The van der Waals surface area contributed by atoms with Gasteiger partial charge in [-0.1, -0.05) is 12.1 Å². The quantitative estimate of drug-likeness (QED) is 0.351. The number of aromatic amines is 2. The molecule has 0 aliphatic carbocycles. The molecule has 10 nitrogen and oxygen atoms in total. The molecule has 1 aromatic carbocycles. The highest BCUT2D eigenvalue weighted by Gasteiger charge is 2.25. The Kier molecular flexibility index (Phi) is 4.51. The normalized spacial score (nSPS) is 14.0. The van der Waals surface area contributed by atoms with Crippen LogP contribution < -0.4 is 10.6 Å². The van der Waals surface area contributed by atoms with Crippen LogP contribution in [0.1, 0.15) is 0 Å². The Labute approximate surface area is 203 Å². The van der Waals surface area contributed by atoms with Crippen LogP contribution in [0.5, 0.6) is 0 Å². The van der Waals surface area contributed by atoms with E-state index in [2.05, 4.69) is 30.0 Å². The maximum absolute atomic E-state index is 13.4. The number of halogens is 1. The van der Waals surface area contributed by atoms with Crippen molar-refractivity contribution in [3.8, 4) is 34.0 Å². The van der Waals surface area contributed by atoms with Gasteiger partial charge in [0.15, 0.2) is 11.5 Å². The predicted octanol–water partition coefficient (Wildman–Crippen LogP) is 3.31. The summed E-state index contributed by atoms with van der Waals surface area (Å²) in [6, 6.07) is 10.2. The number of hydrogen-bond acceptors (Lipinski definition) is 8. The van der Waals surface area contributed by atoms with Gasteiger partial charge in [0.05, 0.1) is 40.8 Å². The van der Waals surface area contributed by atoms with E-state index in [0.717, 1.165) is 41.1 Å². The molecule has 7 rings (SSSR count). The lowest BCUT2D eigenvalue weighted by Gasteiger charge is -2.37. The van der Waals surface area contributed by atoms with E-state index in [9.17, 15) is 4.39 Å². The Hall–Kier alpha value is -4.77. The summed E-state index contributed by atoms with van der Waals surface area (Å²) in [6.07, 6.45) is 6.85. The first-order valence-electron chi connectivity index (χ1n) is 11.4. The summed E-state index contributed by atoms with van der Waals surface area (Å²) in [4.78, 5) is 28.5. The van der Waals surface area contributed by atoms with Crippen molar-refractivity contribution in [3.05, 3.63) is 67.0 Å². The van der Waals surface area contributed by atoms with Crippen molar-refractivity contribution in [3.63, 3.8) is 0 Å². The number of anilines is 1. The highest BCUT2D eigenvalue weighted by atomic mass is 19.1. The lowest BCUT2D eigenvalue weighted by atomic mass is 10.1. The third-order valence-electron chi connectivity index (χ3n) is 6.30. The lowest BCUT2D eigenvalue weighted by molar-refractivity contribution is 0.514. The second kappa shape index (κ2) is 7.89. The zero-order valence-electron chi connectivity index (χ0n) is 18.9. The van der Waals surface area contributed by atoms with Gasteiger partial charge in [0.2, 0.25) is 0 Å². The first-order chi connectivity index (χ1) is 17.6. The number of fused-ring (bicyclic) bond motifs is 2. The number of nitrogens with two attached hydrogens (primary N) is 1. The molecule has 0 unspecified atom stereocenters. The molecule has 6 aromatic rings. The Morgan fingerprint density at radius 1 is 0.833 bits per heavy atom. The molecule has 176 valence electrons. The molecule has 0 spiro atoms. The van der Waals surface area contributed by atoms with E-state index in [1.54, 1.807) is 36.9 Å². The van der Waals surface area contributed by atoms with E-state index < -0.39 is 0 Å². The van der Waals surface area contributed by atoms with E-state index in [-0.39, 0.29) is 11.9 Å². The van der Waals surface area contributed by atoms with Crippen molar-refractivity contribution in [2.45, 2.75) is 6.04 Å². The van der Waals surface area contributed by atoms with Crippen LogP contribution in [0.3, 0.4) is 0 Å². The van der Waals surface area contributed by atoms with Crippen molar-refractivity contribution >= 4 is 27.9 Å². The summed E-state index contributed by atoms with van der Waals surface area (Å²) in [5, 5.41) is 7.50. The Morgan fingerprint density at radius 3 is 2.50 bits per heavy atom. The van der Waals surface area contributed by atoms with Crippen molar-refractivity contribution in [2.24, 2.45) is 5.73 Å². The summed E-state index contributed by atoms with van der Waals surface area (Å²) in [5.41, 5.74) is 12.3. The average Bonchev–Trinajstić information content (AvgIpc) is 3.51. The first kappa shape index (κ1) is 20.6. The summed E-state index contributed by atoms with van der Waals surface area (Å²) in [7, 11) is 0. The van der Waals surface area contributed by atoms with Crippen molar-refractivity contribution in [1.29, 1.82) is 0 Å². The zero-order chi connectivity index (χ0) is 24.2. The van der Waals surface area contributed by atoms with Crippen molar-refractivity contribution in [1.82, 2.24) is 40.1 Å². The standard InChI is InChI=1S/C25H19FN10/c26-14-3-1-13(2-4-14)16-7-28-9-20-22(16)33-25(32-20)24-23-18(34-35-24)6-5-17(31-23)19-8-29-10-21(30-19)36-11-15(27)12-36/h1-10,15H,11-12,27H2,(H,32,33)(H,34,35). The number of H-pyrrole nitrogens is 2. The third-order valence-corrected chi connectivity index (χ3v) is 6.30. The van der Waals surface area contributed by atoms with Gasteiger partial charge >= 0.3 is 0 Å². The second-order valence-electron chi connectivity index (χ2n) is 8.77. The monoisotopic (exact) mass is 478 g/mol. The number of nitrogens with zero attached hydrogens (tertiary/aromatic N) is 7. The fourth-order valence-corrected chi connectivity index (χ4v) is 4.42. The fraction of sp³-hybridized carbons (Fsp3) is 0.120. The van der Waals surface area contributed by atoms with Gasteiger partial charge < -0.3 is 15.6 Å². The zero-order valence-corrected chi connectivity index (χ0v) is 18.9. The highest BCUT2D eigenvalue weighted by Crippen LogP contribution is 2.31. The smallest absolute Gasteiger partial charge is 0.161 e. The minimum absolute atomic E-state index is 0.168. The van der Waals surface area contributed by atoms with Crippen LogP contribution in [-0.2, 0) is 0 Å².